The minimum Gasteiger partial charge on any atom is -0.380 e. The standard InChI is InChI=1S/3C22H21N2.3C19H16N.3Ir/c1-15(2)14-24-21-10-5-4-7-17(21)18-8-6-9-19(22(18)24)20-12-11-16(3)13-23-20;1-15(2)14-24-21-7-5-4-6-18(21)19-13-17(8-9-22(19)24)20-12-16(3)10-11-23-20;1-15(2)14-24-21-7-5-4-6-18(21)19-9-8-17(13-22(19)24)20-12-16(3)10-11-23-20;3*1-2-15-13-19(17-11-7-4-8-12-17)20-14-18(15)16-9-5-3-6-10-16;;;/h4-8,10-13,15H,14H2,1-3H3;2*4-7,9-13,15H,14H2,1-3H3;3*3-11,13-14H,2H2,1H3;;;/q6*-1;;;. The van der Waals surface area contributed by atoms with Crippen molar-refractivity contribution in [2.45, 2.75) is 122 Å². The Morgan fingerprint density at radius 3 is 1.04 bits per heavy atom. The predicted octanol–water partition coefficient (Wildman–Crippen LogP) is 31.2. The predicted molar refractivity (Wildman–Crippen MR) is 553 cm³/mol. The summed E-state index contributed by atoms with van der Waals surface area (Å²) in [7, 11) is 0. The molecule has 9 heterocycles. The number of aryl methyl sites for hydroxylation is 6. The number of nitrogens with zero attached hydrogens (tertiary/aromatic N) is 9. The summed E-state index contributed by atoms with van der Waals surface area (Å²) in [4.78, 5) is 27.5. The van der Waals surface area contributed by atoms with Crippen molar-refractivity contribution in [3.63, 3.8) is 0 Å². The first kappa shape index (κ1) is 99.4. The second-order valence-corrected chi connectivity index (χ2v) is 34.8. The van der Waals surface area contributed by atoms with E-state index < -0.39 is 0 Å². The minimum absolute atomic E-state index is 0. The van der Waals surface area contributed by atoms with E-state index in [1.165, 1.54) is 132 Å². The third-order valence-corrected chi connectivity index (χ3v) is 23.6. The van der Waals surface area contributed by atoms with Crippen LogP contribution < -0.4 is 0 Å². The van der Waals surface area contributed by atoms with Crippen LogP contribution in [0.5, 0.6) is 0 Å². The number of rotatable bonds is 18. The Bertz CT molecular complexity index is 7110. The Balaban J connectivity index is 0.000000137. The summed E-state index contributed by atoms with van der Waals surface area (Å²) in [5, 5.41) is 7.73. The van der Waals surface area contributed by atoms with E-state index in [1.807, 2.05) is 146 Å². The van der Waals surface area contributed by atoms with Crippen LogP contribution in [0.1, 0.15) is 95.7 Å². The third kappa shape index (κ3) is 24.0. The van der Waals surface area contributed by atoms with E-state index in [2.05, 4.69) is 381 Å². The van der Waals surface area contributed by atoms with Crippen molar-refractivity contribution < 1.29 is 60.3 Å². The Hall–Kier alpha value is -13.1. The molecule has 0 saturated heterocycles. The molecule has 681 valence electrons. The van der Waals surface area contributed by atoms with Gasteiger partial charge in [0.05, 0.1) is 0 Å². The molecule has 0 amide bonds. The van der Waals surface area contributed by atoms with E-state index in [1.54, 1.807) is 0 Å². The van der Waals surface area contributed by atoms with Crippen LogP contribution in [-0.4, -0.2) is 43.6 Å². The van der Waals surface area contributed by atoms with Crippen LogP contribution in [0.3, 0.4) is 0 Å². The van der Waals surface area contributed by atoms with Crippen LogP contribution >= 0.6 is 0 Å². The quantitative estimate of drug-likeness (QED) is 0.0795. The third-order valence-electron chi connectivity index (χ3n) is 23.6. The van der Waals surface area contributed by atoms with E-state index in [9.17, 15) is 0 Å². The number of benzene rings is 12. The van der Waals surface area contributed by atoms with Gasteiger partial charge in [0.2, 0.25) is 0 Å². The van der Waals surface area contributed by atoms with Gasteiger partial charge < -0.3 is 43.6 Å². The molecule has 0 unspecified atom stereocenters. The van der Waals surface area contributed by atoms with Crippen molar-refractivity contribution in [2.24, 2.45) is 17.8 Å². The topological polar surface area (TPSA) is 92.1 Å². The van der Waals surface area contributed by atoms with Gasteiger partial charge >= 0.3 is 0 Å². The van der Waals surface area contributed by atoms with Crippen molar-refractivity contribution in [2.75, 3.05) is 0 Å². The molecule has 0 aliphatic heterocycles. The summed E-state index contributed by atoms with van der Waals surface area (Å²) in [6, 6.07) is 133. The number of hydrogen-bond donors (Lipinski definition) is 0. The molecule has 21 aromatic rings. The SMILES string of the molecule is CCc1cc(-c2[c-]cccc2)ncc1-c1ccccc1.CCc1cc(-c2[c-]cccc2)ncc1-c1ccccc1.CCc1cc(-c2[c-]cccc2)ncc1-c1ccccc1.Cc1ccc(-c2[c-]ccc3c4ccccc4n(CC(C)C)c23)nc1.Cc1ccnc(-c2[c-]cc3c(c2)c2ccccc2n3CC(C)C)c1.Cc1ccnc(-c2[c-]cc3c4ccccc4n(CC(C)C)c3c2)c1.[Ir].[Ir].[Ir]. The summed E-state index contributed by atoms with van der Waals surface area (Å²) >= 11 is 0. The molecule has 9 nitrogen and oxygen atoms in total. The monoisotopic (exact) mass is 2290 g/mol. The van der Waals surface area contributed by atoms with E-state index in [4.69, 9.17) is 0 Å². The first-order valence-electron chi connectivity index (χ1n) is 46.2. The van der Waals surface area contributed by atoms with E-state index in [0.717, 1.165) is 106 Å². The number of para-hydroxylation sites is 3. The van der Waals surface area contributed by atoms with Crippen LogP contribution in [0.15, 0.2) is 365 Å². The Labute approximate surface area is 837 Å². The van der Waals surface area contributed by atoms with Gasteiger partial charge in [-0.25, -0.2) is 0 Å². The molecule has 9 aromatic heterocycles. The van der Waals surface area contributed by atoms with Gasteiger partial charge in [-0.3, -0.25) is 0 Å². The van der Waals surface area contributed by atoms with Gasteiger partial charge in [0.15, 0.2) is 0 Å². The fourth-order valence-corrected chi connectivity index (χ4v) is 17.3. The van der Waals surface area contributed by atoms with Crippen LogP contribution in [0, 0.1) is 74.9 Å². The van der Waals surface area contributed by atoms with Crippen molar-refractivity contribution >= 4 is 65.4 Å². The zero-order valence-electron chi connectivity index (χ0n) is 78.6. The molecule has 12 aromatic carbocycles. The second-order valence-electron chi connectivity index (χ2n) is 34.8. The van der Waals surface area contributed by atoms with Gasteiger partial charge in [-0.2, -0.15) is 0 Å². The van der Waals surface area contributed by atoms with Gasteiger partial charge in [0, 0.05) is 150 Å². The molecule has 0 aliphatic carbocycles. The smallest absolute Gasteiger partial charge is 0.0391 e. The summed E-state index contributed by atoms with van der Waals surface area (Å²) in [5.74, 6) is 1.76. The van der Waals surface area contributed by atoms with Crippen molar-refractivity contribution in [1.29, 1.82) is 0 Å². The van der Waals surface area contributed by atoms with Gasteiger partial charge in [-0.15, -0.1) is 179 Å². The molecule has 21 rings (SSSR count). The molecule has 0 fully saturated rings. The maximum absolute atomic E-state index is 4.64. The number of hydrogen-bond acceptors (Lipinski definition) is 6. The molecule has 0 bridgehead atoms. The molecule has 0 aliphatic rings. The zero-order chi connectivity index (χ0) is 91.4. The van der Waals surface area contributed by atoms with Gasteiger partial charge in [-0.1, -0.05) is 278 Å². The summed E-state index contributed by atoms with van der Waals surface area (Å²) in [5.41, 5.74) is 34.8. The van der Waals surface area contributed by atoms with Crippen molar-refractivity contribution in [1.82, 2.24) is 43.6 Å². The maximum Gasteiger partial charge on any atom is 0.0391 e. The molecule has 12 heteroatoms. The summed E-state index contributed by atoms with van der Waals surface area (Å²) in [6.45, 7) is 29.4. The van der Waals surface area contributed by atoms with Crippen molar-refractivity contribution in [3.05, 3.63) is 435 Å². The minimum atomic E-state index is 0. The average Bonchev–Trinajstić information content (AvgIpc) is 1.61. The van der Waals surface area contributed by atoms with Crippen LogP contribution in [0.2, 0.25) is 0 Å². The zero-order valence-corrected chi connectivity index (χ0v) is 85.8. The summed E-state index contributed by atoms with van der Waals surface area (Å²) in [6.07, 6.45) is 14.6. The van der Waals surface area contributed by atoms with E-state index in [-0.39, 0.29) is 60.3 Å². The first-order valence-corrected chi connectivity index (χ1v) is 46.2. The normalized spacial score (nSPS) is 10.9. The second kappa shape index (κ2) is 47.7. The van der Waals surface area contributed by atoms with Gasteiger partial charge in [-0.05, 0) is 194 Å². The maximum atomic E-state index is 4.64. The summed E-state index contributed by atoms with van der Waals surface area (Å²) < 4.78 is 7.28. The molecule has 3 radical (unpaired) electrons. The molecular weight excluding hydrogens is 2180 g/mol. The molecule has 0 spiro atoms. The van der Waals surface area contributed by atoms with Crippen molar-refractivity contribution in [3.8, 4) is 101 Å². The van der Waals surface area contributed by atoms with Gasteiger partial charge in [0.1, 0.15) is 0 Å². The molecule has 135 heavy (non-hydrogen) atoms. The fourth-order valence-electron chi connectivity index (χ4n) is 17.3. The first-order chi connectivity index (χ1) is 64.6. The largest absolute Gasteiger partial charge is 0.380 e. The number of pyridine rings is 6. The molecule has 0 atom stereocenters. The molecule has 0 N–H and O–H groups in total. The van der Waals surface area contributed by atoms with E-state index in [0.29, 0.717) is 17.8 Å². The van der Waals surface area contributed by atoms with E-state index >= 15 is 0 Å². The van der Waals surface area contributed by atoms with Crippen LogP contribution in [0.4, 0.5) is 0 Å². The Kier molecular flexibility index (Phi) is 35.1. The van der Waals surface area contributed by atoms with Crippen LogP contribution in [-0.2, 0) is 99.2 Å². The van der Waals surface area contributed by atoms with Crippen LogP contribution in [0.25, 0.3) is 166 Å². The Morgan fingerprint density at radius 2 is 0.630 bits per heavy atom. The fraction of sp³-hybridized carbons (Fsp3) is 0.171. The molecular formula is C123H111Ir3N9-6. The Morgan fingerprint density at radius 1 is 0.259 bits per heavy atom. The number of aromatic nitrogens is 9. The number of fused-ring (bicyclic) bond motifs is 9. The molecule has 0 saturated carbocycles. The average molecular weight is 2290 g/mol. The van der Waals surface area contributed by atoms with Gasteiger partial charge in [0.25, 0.3) is 0 Å².